The van der Waals surface area contributed by atoms with Crippen molar-refractivity contribution in [3.63, 3.8) is 0 Å². The average molecular weight is 475 g/mol. The van der Waals surface area contributed by atoms with Gasteiger partial charge < -0.3 is 29.9 Å². The first-order chi connectivity index (χ1) is 16.8. The lowest BCUT2D eigenvalue weighted by molar-refractivity contribution is -0.136. The zero-order valence-corrected chi connectivity index (χ0v) is 18.3. The van der Waals surface area contributed by atoms with Gasteiger partial charge >= 0.3 is 17.9 Å². The van der Waals surface area contributed by atoms with Crippen molar-refractivity contribution >= 4 is 34.5 Å². The fourth-order valence-electron chi connectivity index (χ4n) is 3.66. The highest BCUT2D eigenvalue weighted by Crippen LogP contribution is 2.35. The van der Waals surface area contributed by atoms with Crippen LogP contribution in [0.3, 0.4) is 0 Å². The highest BCUT2D eigenvalue weighted by Gasteiger charge is 2.20. The molecule has 35 heavy (non-hydrogen) atoms. The zero-order valence-electron chi connectivity index (χ0n) is 18.3. The highest BCUT2D eigenvalue weighted by atomic mass is 16.5. The number of hydrogen-bond donors (Lipinski definition) is 4. The van der Waals surface area contributed by atoms with Gasteiger partial charge in [0.25, 0.3) is 0 Å². The molecule has 0 fully saturated rings. The summed E-state index contributed by atoms with van der Waals surface area (Å²) in [5.41, 5.74) is 3.10. The van der Waals surface area contributed by atoms with Gasteiger partial charge in [-0.25, -0.2) is 4.79 Å². The fourth-order valence-corrected chi connectivity index (χ4v) is 3.66. The lowest BCUT2D eigenvalue weighted by Crippen LogP contribution is -2.34. The number of nitrogens with one attached hydrogen (secondary N) is 1. The van der Waals surface area contributed by atoms with E-state index in [9.17, 15) is 29.7 Å². The number of hydrogen-bond acceptors (Lipinski definition) is 6. The predicted octanol–water partition coefficient (Wildman–Crippen LogP) is 3.48. The molecule has 0 saturated heterocycles. The fraction of sp³-hybridized carbons (Fsp3) is 0.120. The van der Waals surface area contributed by atoms with Crippen LogP contribution >= 0.6 is 0 Å². The molecular weight excluding hydrogens is 454 g/mol. The Hall–Kier alpha value is -4.86. The van der Waals surface area contributed by atoms with Gasteiger partial charge in [0.1, 0.15) is 25.4 Å². The Bertz CT molecular complexity index is 1380. The first-order valence-corrected chi connectivity index (χ1v) is 10.5. The van der Waals surface area contributed by atoms with E-state index in [-0.39, 0.29) is 17.9 Å². The third kappa shape index (κ3) is 5.56. The van der Waals surface area contributed by atoms with E-state index < -0.39 is 31.0 Å². The molecule has 0 amide bonds. The minimum absolute atomic E-state index is 0.0833. The Morgan fingerprint density at radius 3 is 2.34 bits per heavy atom. The van der Waals surface area contributed by atoms with Crippen molar-refractivity contribution in [2.24, 2.45) is 0 Å². The SMILES string of the molecule is O=C(O)CN(CC(=O)O)c1ccc(-c2cc3ccc(C(=O)O)cc3[nH]2)cc1OCc1ccccn1. The number of aromatic carboxylic acids is 1. The number of carboxylic acid groups (broad SMARTS) is 3. The largest absolute Gasteiger partial charge is 0.485 e. The van der Waals surface area contributed by atoms with E-state index in [0.29, 0.717) is 28.2 Å². The van der Waals surface area contributed by atoms with E-state index in [4.69, 9.17) is 4.74 Å². The molecule has 2 heterocycles. The van der Waals surface area contributed by atoms with Gasteiger partial charge in [0.2, 0.25) is 0 Å². The van der Waals surface area contributed by atoms with E-state index in [0.717, 1.165) is 5.39 Å². The van der Waals surface area contributed by atoms with Gasteiger partial charge in [0.15, 0.2) is 0 Å². The van der Waals surface area contributed by atoms with Crippen LogP contribution in [0.5, 0.6) is 5.75 Å². The van der Waals surface area contributed by atoms with E-state index in [1.165, 1.54) is 17.0 Å². The third-order valence-corrected chi connectivity index (χ3v) is 5.23. The monoisotopic (exact) mass is 475 g/mol. The third-order valence-electron chi connectivity index (χ3n) is 5.23. The summed E-state index contributed by atoms with van der Waals surface area (Å²) in [5, 5.41) is 28.6. The number of benzene rings is 2. The second-order valence-electron chi connectivity index (χ2n) is 7.73. The molecule has 0 saturated carbocycles. The number of aliphatic carboxylic acids is 2. The summed E-state index contributed by atoms with van der Waals surface area (Å²) in [5.74, 6) is -3.12. The summed E-state index contributed by atoms with van der Waals surface area (Å²) < 4.78 is 5.97. The molecule has 178 valence electrons. The molecule has 10 heteroatoms. The maximum Gasteiger partial charge on any atom is 0.335 e. The van der Waals surface area contributed by atoms with Crippen molar-refractivity contribution in [1.82, 2.24) is 9.97 Å². The summed E-state index contributed by atoms with van der Waals surface area (Å²) in [6.07, 6.45) is 1.62. The number of pyridine rings is 1. The van der Waals surface area contributed by atoms with Crippen LogP contribution < -0.4 is 9.64 Å². The molecule has 0 aliphatic rings. The minimum Gasteiger partial charge on any atom is -0.485 e. The molecule has 0 aliphatic carbocycles. The second kappa shape index (κ2) is 9.96. The van der Waals surface area contributed by atoms with Crippen LogP contribution in [0.2, 0.25) is 0 Å². The maximum absolute atomic E-state index is 11.4. The van der Waals surface area contributed by atoms with Gasteiger partial charge in [-0.05, 0) is 42.5 Å². The quantitative estimate of drug-likeness (QED) is 0.270. The van der Waals surface area contributed by atoms with Gasteiger partial charge in [-0.3, -0.25) is 14.6 Å². The Morgan fingerprint density at radius 1 is 0.914 bits per heavy atom. The van der Waals surface area contributed by atoms with Crippen molar-refractivity contribution in [2.45, 2.75) is 6.61 Å². The van der Waals surface area contributed by atoms with E-state index in [2.05, 4.69) is 9.97 Å². The summed E-state index contributed by atoms with van der Waals surface area (Å²) >= 11 is 0. The van der Waals surface area contributed by atoms with Crippen LogP contribution in [-0.2, 0) is 16.2 Å². The zero-order chi connectivity index (χ0) is 24.9. The maximum atomic E-state index is 11.4. The van der Waals surface area contributed by atoms with Crippen molar-refractivity contribution in [1.29, 1.82) is 0 Å². The molecule has 2 aromatic heterocycles. The molecule has 4 rings (SSSR count). The van der Waals surface area contributed by atoms with Crippen LogP contribution in [0.15, 0.2) is 66.9 Å². The molecule has 0 spiro atoms. The van der Waals surface area contributed by atoms with E-state index in [1.807, 2.05) is 6.07 Å². The van der Waals surface area contributed by atoms with E-state index in [1.54, 1.807) is 48.7 Å². The van der Waals surface area contributed by atoms with Crippen LogP contribution in [0, 0.1) is 0 Å². The number of carboxylic acids is 3. The molecule has 4 N–H and O–H groups in total. The van der Waals surface area contributed by atoms with Crippen LogP contribution in [0.4, 0.5) is 5.69 Å². The Labute approximate surface area is 199 Å². The molecule has 0 atom stereocenters. The number of H-pyrrole nitrogens is 1. The summed E-state index contributed by atoms with van der Waals surface area (Å²) in [4.78, 5) is 42.7. The Balaban J connectivity index is 1.74. The molecule has 0 unspecified atom stereocenters. The number of rotatable bonds is 10. The number of carbonyl (C=O) groups is 3. The minimum atomic E-state index is -1.18. The smallest absolute Gasteiger partial charge is 0.335 e. The summed E-state index contributed by atoms with van der Waals surface area (Å²) in [6.45, 7) is -0.980. The molecule has 4 aromatic rings. The normalized spacial score (nSPS) is 10.7. The van der Waals surface area contributed by atoms with Crippen molar-refractivity contribution in [3.8, 4) is 17.0 Å². The number of aromatic nitrogens is 2. The highest BCUT2D eigenvalue weighted by molar-refractivity contribution is 5.95. The molecule has 0 radical (unpaired) electrons. The van der Waals surface area contributed by atoms with Crippen LogP contribution in [0.25, 0.3) is 22.2 Å². The van der Waals surface area contributed by atoms with Gasteiger partial charge in [-0.1, -0.05) is 18.2 Å². The van der Waals surface area contributed by atoms with Gasteiger partial charge in [-0.15, -0.1) is 0 Å². The van der Waals surface area contributed by atoms with Crippen LogP contribution in [-0.4, -0.2) is 56.3 Å². The van der Waals surface area contributed by atoms with Crippen molar-refractivity contribution in [3.05, 3.63) is 78.1 Å². The van der Waals surface area contributed by atoms with Gasteiger partial charge in [0.05, 0.1) is 16.9 Å². The number of fused-ring (bicyclic) bond motifs is 1. The van der Waals surface area contributed by atoms with Crippen molar-refractivity contribution in [2.75, 3.05) is 18.0 Å². The Kier molecular flexibility index (Phi) is 6.63. The summed E-state index contributed by atoms with van der Waals surface area (Å²) in [7, 11) is 0. The van der Waals surface area contributed by atoms with Crippen LogP contribution in [0.1, 0.15) is 16.1 Å². The molecule has 0 aliphatic heterocycles. The number of anilines is 1. The Morgan fingerprint density at radius 2 is 1.69 bits per heavy atom. The molecule has 2 aromatic carbocycles. The lowest BCUT2D eigenvalue weighted by Gasteiger charge is -2.24. The predicted molar refractivity (Wildman–Crippen MR) is 127 cm³/mol. The standard InChI is InChI=1S/C25H21N3O7/c29-23(30)12-28(13-24(31)32)21-7-6-16(11-22(21)35-14-18-3-1-2-8-26-18)19-9-15-4-5-17(25(33)34)10-20(15)27-19/h1-11,27H,12-14H2,(H,29,30)(H,31,32)(H,33,34). The molecule has 10 nitrogen and oxygen atoms in total. The van der Waals surface area contributed by atoms with Gasteiger partial charge in [-0.2, -0.15) is 0 Å². The molecule has 0 bridgehead atoms. The topological polar surface area (TPSA) is 153 Å². The first kappa shape index (κ1) is 23.3. The number of nitrogens with zero attached hydrogens (tertiary/aromatic N) is 2. The lowest BCUT2D eigenvalue weighted by atomic mass is 10.1. The van der Waals surface area contributed by atoms with Crippen molar-refractivity contribution < 1.29 is 34.4 Å². The number of aromatic amines is 1. The van der Waals surface area contributed by atoms with E-state index >= 15 is 0 Å². The summed E-state index contributed by atoms with van der Waals surface area (Å²) in [6, 6.07) is 16.9. The number of ether oxygens (including phenoxy) is 1. The average Bonchev–Trinajstić information content (AvgIpc) is 3.26. The van der Waals surface area contributed by atoms with Gasteiger partial charge in [0, 0.05) is 28.4 Å². The first-order valence-electron chi connectivity index (χ1n) is 10.5. The molecular formula is C25H21N3O7. The second-order valence-corrected chi connectivity index (χ2v) is 7.73.